The van der Waals surface area contributed by atoms with Crippen LogP contribution in [-0.2, 0) is 26.0 Å². The summed E-state index contributed by atoms with van der Waals surface area (Å²) in [6.07, 6.45) is -5.13. The minimum atomic E-state index is -5.10. The van der Waals surface area contributed by atoms with Gasteiger partial charge < -0.3 is 20.2 Å². The van der Waals surface area contributed by atoms with Crippen LogP contribution in [0.25, 0.3) is 0 Å². The molecule has 39 heavy (non-hydrogen) atoms. The maximum Gasteiger partial charge on any atom is 0.417 e. The topological polar surface area (TPSA) is 153 Å². The molecule has 0 spiro atoms. The van der Waals surface area contributed by atoms with E-state index in [1.54, 1.807) is 6.07 Å². The lowest BCUT2D eigenvalue weighted by molar-refractivity contribution is -0.139. The highest BCUT2D eigenvalue weighted by Crippen LogP contribution is 2.36. The summed E-state index contributed by atoms with van der Waals surface area (Å²) in [6.45, 7) is -0.300. The molecule has 0 aliphatic carbocycles. The van der Waals surface area contributed by atoms with Gasteiger partial charge in [-0.1, -0.05) is 18.2 Å². The van der Waals surface area contributed by atoms with Crippen LogP contribution in [0.15, 0.2) is 63.2 Å². The summed E-state index contributed by atoms with van der Waals surface area (Å²) >= 11 is 0. The number of carboxylic acid groups (broad SMARTS) is 1. The number of halogens is 3. The molecule has 0 radical (unpaired) electrons. The summed E-state index contributed by atoms with van der Waals surface area (Å²) in [4.78, 5) is 23.7. The molecule has 1 fully saturated rings. The lowest BCUT2D eigenvalue weighted by atomic mass is 10.1. The average molecular weight is 593 g/mol. The van der Waals surface area contributed by atoms with Crippen LogP contribution in [0.3, 0.4) is 0 Å². The Balaban J connectivity index is 1.74. The summed E-state index contributed by atoms with van der Waals surface area (Å²) < 4.78 is 94.5. The first-order valence-corrected chi connectivity index (χ1v) is 14.6. The quantitative estimate of drug-likeness (QED) is 0.426. The number of carbonyl (C=O) groups is 2. The van der Waals surface area contributed by atoms with Gasteiger partial charge in [-0.15, -0.1) is 0 Å². The second-order valence-electron chi connectivity index (χ2n) is 8.81. The summed E-state index contributed by atoms with van der Waals surface area (Å²) in [5.41, 5.74) is -1.55. The van der Waals surface area contributed by atoms with Crippen molar-refractivity contribution in [3.63, 3.8) is 0 Å². The van der Waals surface area contributed by atoms with Crippen LogP contribution < -0.4 is 10.0 Å². The highest BCUT2D eigenvalue weighted by Gasteiger charge is 2.38. The van der Waals surface area contributed by atoms with Crippen LogP contribution in [0, 0.1) is 0 Å². The summed E-state index contributed by atoms with van der Waals surface area (Å²) in [5.74, 6) is 0. The first kappa shape index (κ1) is 30.2. The number of likely N-dealkylation sites (N-methyl/N-ethyl adjacent to an activating group) is 1. The fourth-order valence-electron chi connectivity index (χ4n) is 3.94. The maximum absolute atomic E-state index is 13.6. The molecular weight excluding hydrogens is 565 g/mol. The first-order valence-electron chi connectivity index (χ1n) is 11.6. The number of benzene rings is 2. The number of sulfone groups is 1. The van der Waals surface area contributed by atoms with Gasteiger partial charge in [-0.25, -0.2) is 31.1 Å². The van der Waals surface area contributed by atoms with Crippen LogP contribution in [0.5, 0.6) is 0 Å². The van der Waals surface area contributed by atoms with Gasteiger partial charge in [0, 0.05) is 39.3 Å². The molecule has 3 amide bonds. The number of piperidine rings is 1. The number of nitrogens with one attached hydrogen (secondary N) is 2. The number of urea groups is 1. The van der Waals surface area contributed by atoms with Gasteiger partial charge in [-0.3, -0.25) is 0 Å². The van der Waals surface area contributed by atoms with Crippen molar-refractivity contribution in [1.29, 1.82) is 0 Å². The monoisotopic (exact) mass is 592 g/mol. The molecule has 0 aromatic heterocycles. The van der Waals surface area contributed by atoms with Crippen molar-refractivity contribution in [2.45, 2.75) is 39.7 Å². The van der Waals surface area contributed by atoms with Gasteiger partial charge in [-0.2, -0.15) is 13.2 Å². The Hall–Kier alpha value is -3.37. The molecule has 3 N–H and O–H groups in total. The molecule has 1 saturated heterocycles. The average Bonchev–Trinajstić information content (AvgIpc) is 2.88. The van der Waals surface area contributed by atoms with Crippen molar-refractivity contribution in [2.75, 3.05) is 33.2 Å². The molecule has 1 aliphatic heterocycles. The third kappa shape index (κ3) is 7.39. The normalized spacial score (nSPS) is 16.5. The van der Waals surface area contributed by atoms with Crippen LogP contribution in [0.4, 0.5) is 22.8 Å². The molecule has 11 nitrogen and oxygen atoms in total. The van der Waals surface area contributed by atoms with E-state index in [4.69, 9.17) is 5.11 Å². The third-order valence-electron chi connectivity index (χ3n) is 6.02. The summed E-state index contributed by atoms with van der Waals surface area (Å²) in [6, 6.07) is 7.30. The predicted molar refractivity (Wildman–Crippen MR) is 132 cm³/mol. The smallest absolute Gasteiger partial charge is 0.417 e. The van der Waals surface area contributed by atoms with Crippen LogP contribution in [-0.4, -0.2) is 83.1 Å². The highest BCUT2D eigenvalue weighted by atomic mass is 32.2. The van der Waals surface area contributed by atoms with Crippen molar-refractivity contribution in [1.82, 2.24) is 19.8 Å². The van der Waals surface area contributed by atoms with E-state index in [9.17, 15) is 39.6 Å². The second kappa shape index (κ2) is 11.8. The molecule has 16 heteroatoms. The lowest BCUT2D eigenvalue weighted by Crippen LogP contribution is -2.52. The Labute approximate surface area is 223 Å². The van der Waals surface area contributed by atoms with Gasteiger partial charge in [-0.05, 0) is 43.2 Å². The van der Waals surface area contributed by atoms with E-state index in [2.05, 4.69) is 5.32 Å². The van der Waals surface area contributed by atoms with Crippen LogP contribution in [0.1, 0.15) is 18.4 Å². The van der Waals surface area contributed by atoms with Crippen molar-refractivity contribution in [3.05, 3.63) is 54.1 Å². The lowest BCUT2D eigenvalue weighted by Gasteiger charge is -2.32. The van der Waals surface area contributed by atoms with Crippen molar-refractivity contribution in [2.24, 2.45) is 0 Å². The number of rotatable bonds is 8. The highest BCUT2D eigenvalue weighted by molar-refractivity contribution is 7.91. The van der Waals surface area contributed by atoms with Crippen LogP contribution >= 0.6 is 0 Å². The van der Waals surface area contributed by atoms with Crippen molar-refractivity contribution >= 4 is 32.0 Å². The van der Waals surface area contributed by atoms with Gasteiger partial charge in [0.2, 0.25) is 19.9 Å². The number of alkyl halides is 3. The van der Waals surface area contributed by atoms with Gasteiger partial charge in [0.05, 0.1) is 20.2 Å². The fourth-order valence-corrected chi connectivity index (χ4v) is 6.60. The van der Waals surface area contributed by atoms with E-state index >= 15 is 0 Å². The second-order valence-corrected chi connectivity index (χ2v) is 12.5. The SMILES string of the molecule is CN(CCNS(=O)(=O)c1cc(S(=O)(=O)c2ccccc2)ccc1C(F)(F)F)C(=O)N[C@H]1CCCN(C(=O)O)C1. The molecular formula is C23H27F3N4O7S2. The van der Waals surface area contributed by atoms with Crippen LogP contribution in [0.2, 0.25) is 0 Å². The number of likely N-dealkylation sites (tertiary alicyclic amines) is 1. The van der Waals surface area contributed by atoms with E-state index in [-0.39, 0.29) is 18.0 Å². The van der Waals surface area contributed by atoms with E-state index in [1.165, 1.54) is 31.3 Å². The van der Waals surface area contributed by atoms with Crippen molar-refractivity contribution in [3.8, 4) is 0 Å². The summed E-state index contributed by atoms with van der Waals surface area (Å²) in [5, 5.41) is 11.7. The third-order valence-corrected chi connectivity index (χ3v) is 9.29. The number of carbonyl (C=O) groups excluding carboxylic acids is 1. The zero-order valence-electron chi connectivity index (χ0n) is 20.7. The minimum Gasteiger partial charge on any atom is -0.465 e. The van der Waals surface area contributed by atoms with Gasteiger partial charge in [0.15, 0.2) is 0 Å². The number of hydrogen-bond donors (Lipinski definition) is 3. The molecule has 3 rings (SSSR count). The standard InChI is InChI=1S/C23H27F3N4O7S2/c1-29(21(31)28-16-6-5-12-30(15-16)22(32)33)13-11-27-39(36,37)20-14-18(9-10-19(20)23(24,25)26)38(34,35)17-7-3-2-4-8-17/h2-4,7-10,14,16,27H,5-6,11-13,15H2,1H3,(H,28,31)(H,32,33)/t16-/m0/s1. The molecule has 0 saturated carbocycles. The van der Waals surface area contributed by atoms with E-state index in [0.29, 0.717) is 37.6 Å². The molecule has 2 aromatic rings. The number of nitrogens with zero attached hydrogens (tertiary/aromatic N) is 2. The Morgan fingerprint density at radius 2 is 1.74 bits per heavy atom. The van der Waals surface area contributed by atoms with Gasteiger partial charge in [0.25, 0.3) is 0 Å². The Morgan fingerprint density at radius 1 is 1.08 bits per heavy atom. The predicted octanol–water partition coefficient (Wildman–Crippen LogP) is 2.60. The molecule has 1 heterocycles. The fraction of sp³-hybridized carbons (Fsp3) is 0.391. The Bertz CT molecular complexity index is 1420. The zero-order valence-corrected chi connectivity index (χ0v) is 22.3. The largest absolute Gasteiger partial charge is 0.465 e. The molecule has 0 unspecified atom stereocenters. The molecule has 1 atom stereocenters. The maximum atomic E-state index is 13.6. The first-order chi connectivity index (χ1) is 18.1. The molecule has 1 aliphatic rings. The molecule has 2 aromatic carbocycles. The number of sulfonamides is 1. The van der Waals surface area contributed by atoms with E-state index < -0.39 is 66.1 Å². The summed E-state index contributed by atoms with van der Waals surface area (Å²) in [7, 11) is -7.85. The Morgan fingerprint density at radius 3 is 2.36 bits per heavy atom. The molecule has 0 bridgehead atoms. The van der Waals surface area contributed by atoms with Crippen molar-refractivity contribution < 1.29 is 44.7 Å². The number of amides is 3. The van der Waals surface area contributed by atoms with Gasteiger partial charge in [0.1, 0.15) is 0 Å². The number of hydrogen-bond acceptors (Lipinski definition) is 6. The van der Waals surface area contributed by atoms with E-state index in [0.717, 1.165) is 9.80 Å². The zero-order chi connectivity index (χ0) is 29.0. The van der Waals surface area contributed by atoms with E-state index in [1.807, 2.05) is 4.72 Å². The van der Waals surface area contributed by atoms with Gasteiger partial charge >= 0.3 is 18.3 Å². The minimum absolute atomic E-state index is 0.0873. The molecule has 214 valence electrons. The Kier molecular flexibility index (Phi) is 9.12.